The SMILES string of the molecule is COc1cccc(CNC(=O)CSc2nc3ccsc3c(=O)n2-c2ccc(F)c(C)c2)c1OC. The molecule has 0 saturated heterocycles. The minimum atomic E-state index is -0.358. The van der Waals surface area contributed by atoms with E-state index in [0.29, 0.717) is 38.1 Å². The predicted octanol–water partition coefficient (Wildman–Crippen LogP) is 4.32. The summed E-state index contributed by atoms with van der Waals surface area (Å²) in [7, 11) is 3.10. The molecule has 0 unspecified atom stereocenters. The van der Waals surface area contributed by atoms with Crippen LogP contribution in [0.2, 0.25) is 0 Å². The van der Waals surface area contributed by atoms with Crippen LogP contribution in [0.4, 0.5) is 4.39 Å². The largest absolute Gasteiger partial charge is 0.493 e. The van der Waals surface area contributed by atoms with Gasteiger partial charge in [0.25, 0.3) is 5.56 Å². The lowest BCUT2D eigenvalue weighted by molar-refractivity contribution is -0.118. The second-order valence-corrected chi connectivity index (χ2v) is 9.18. The zero-order valence-corrected chi connectivity index (χ0v) is 20.4. The molecule has 2 heterocycles. The van der Waals surface area contributed by atoms with Gasteiger partial charge < -0.3 is 14.8 Å². The van der Waals surface area contributed by atoms with Gasteiger partial charge in [0.2, 0.25) is 5.91 Å². The number of benzene rings is 2. The van der Waals surface area contributed by atoms with Crippen LogP contribution in [0.15, 0.2) is 57.8 Å². The number of hydrogen-bond acceptors (Lipinski definition) is 7. The molecule has 4 aromatic rings. The number of ether oxygens (including phenoxy) is 2. The molecule has 7 nitrogen and oxygen atoms in total. The summed E-state index contributed by atoms with van der Waals surface area (Å²) in [6.07, 6.45) is 0. The number of amides is 1. The number of halogens is 1. The number of hydrogen-bond donors (Lipinski definition) is 1. The molecule has 176 valence electrons. The quantitative estimate of drug-likeness (QED) is 0.287. The molecule has 0 saturated carbocycles. The molecule has 0 atom stereocenters. The van der Waals surface area contributed by atoms with Crippen LogP contribution >= 0.6 is 23.1 Å². The van der Waals surface area contributed by atoms with Crippen LogP contribution in [-0.2, 0) is 11.3 Å². The fourth-order valence-corrected chi connectivity index (χ4v) is 5.05. The van der Waals surface area contributed by atoms with Crippen molar-refractivity contribution in [3.05, 3.63) is 75.1 Å². The zero-order chi connectivity index (χ0) is 24.2. The Hall–Kier alpha value is -3.37. The third kappa shape index (κ3) is 4.78. The van der Waals surface area contributed by atoms with Gasteiger partial charge in [-0.05, 0) is 48.2 Å². The average molecular weight is 500 g/mol. The topological polar surface area (TPSA) is 82.5 Å². The van der Waals surface area contributed by atoms with Crippen molar-refractivity contribution in [2.24, 2.45) is 0 Å². The number of rotatable bonds is 8. The van der Waals surface area contributed by atoms with E-state index in [1.807, 2.05) is 12.1 Å². The van der Waals surface area contributed by atoms with Crippen molar-refractivity contribution in [2.45, 2.75) is 18.6 Å². The summed E-state index contributed by atoms with van der Waals surface area (Å²) in [5.74, 6) is 0.576. The van der Waals surface area contributed by atoms with Crippen molar-refractivity contribution >= 4 is 39.2 Å². The molecule has 1 amide bonds. The van der Waals surface area contributed by atoms with Crippen molar-refractivity contribution in [2.75, 3.05) is 20.0 Å². The lowest BCUT2D eigenvalue weighted by Crippen LogP contribution is -2.26. The van der Waals surface area contributed by atoms with Crippen LogP contribution < -0.4 is 20.3 Å². The van der Waals surface area contributed by atoms with E-state index in [1.54, 1.807) is 44.7 Å². The van der Waals surface area contributed by atoms with Gasteiger partial charge in [0.1, 0.15) is 10.5 Å². The van der Waals surface area contributed by atoms with E-state index in [4.69, 9.17) is 9.47 Å². The Balaban J connectivity index is 1.56. The maximum atomic E-state index is 13.8. The van der Waals surface area contributed by atoms with Crippen molar-refractivity contribution in [3.8, 4) is 17.2 Å². The Bertz CT molecular complexity index is 1420. The van der Waals surface area contributed by atoms with E-state index in [2.05, 4.69) is 10.3 Å². The lowest BCUT2D eigenvalue weighted by Gasteiger charge is -2.14. The Kier molecular flexibility index (Phi) is 7.18. The third-order valence-electron chi connectivity index (χ3n) is 5.14. The first kappa shape index (κ1) is 23.8. The van der Waals surface area contributed by atoms with Crippen molar-refractivity contribution < 1.29 is 18.7 Å². The molecule has 10 heteroatoms. The zero-order valence-electron chi connectivity index (χ0n) is 18.8. The highest BCUT2D eigenvalue weighted by molar-refractivity contribution is 7.99. The number of aryl methyl sites for hydroxylation is 1. The van der Waals surface area contributed by atoms with Gasteiger partial charge in [0.15, 0.2) is 16.7 Å². The second kappa shape index (κ2) is 10.3. The number of carbonyl (C=O) groups is 1. The van der Waals surface area contributed by atoms with Gasteiger partial charge in [0, 0.05) is 12.1 Å². The molecule has 0 radical (unpaired) electrons. The monoisotopic (exact) mass is 499 g/mol. The van der Waals surface area contributed by atoms with Crippen molar-refractivity contribution in [1.29, 1.82) is 0 Å². The van der Waals surface area contributed by atoms with Crippen molar-refractivity contribution in [1.82, 2.24) is 14.9 Å². The summed E-state index contributed by atoms with van der Waals surface area (Å²) >= 11 is 2.43. The Morgan fingerprint density at radius 2 is 2.03 bits per heavy atom. The van der Waals surface area contributed by atoms with Gasteiger partial charge in [0.05, 0.1) is 31.2 Å². The molecular formula is C24H22FN3O4S2. The molecule has 0 spiro atoms. The highest BCUT2D eigenvalue weighted by atomic mass is 32.2. The van der Waals surface area contributed by atoms with Gasteiger partial charge >= 0.3 is 0 Å². The standard InChI is InChI=1S/C24H22FN3O4S2/c1-14-11-16(7-8-17(14)25)28-23(30)22-18(9-10-33-22)27-24(28)34-13-20(29)26-12-15-5-4-6-19(31-2)21(15)32-3/h4-11H,12-13H2,1-3H3,(H,26,29). The second-order valence-electron chi connectivity index (χ2n) is 7.32. The highest BCUT2D eigenvalue weighted by Crippen LogP contribution is 2.30. The highest BCUT2D eigenvalue weighted by Gasteiger charge is 2.17. The summed E-state index contributed by atoms with van der Waals surface area (Å²) in [6, 6.07) is 11.7. The van der Waals surface area contributed by atoms with Crippen molar-refractivity contribution in [3.63, 3.8) is 0 Å². The van der Waals surface area contributed by atoms with Crippen LogP contribution in [0.1, 0.15) is 11.1 Å². The van der Waals surface area contributed by atoms with Gasteiger partial charge in [-0.2, -0.15) is 0 Å². The molecule has 34 heavy (non-hydrogen) atoms. The number of thiophene rings is 1. The molecule has 4 rings (SSSR count). The maximum absolute atomic E-state index is 13.8. The minimum Gasteiger partial charge on any atom is -0.493 e. The molecule has 1 N–H and O–H groups in total. The first-order chi connectivity index (χ1) is 16.4. The number of methoxy groups -OCH3 is 2. The Morgan fingerprint density at radius 3 is 2.76 bits per heavy atom. The molecule has 0 aliphatic heterocycles. The normalized spacial score (nSPS) is 10.9. The Labute approximate surface area is 203 Å². The third-order valence-corrected chi connectivity index (χ3v) is 6.97. The van der Waals surface area contributed by atoms with Crippen LogP contribution in [0.25, 0.3) is 15.9 Å². The van der Waals surface area contributed by atoms with E-state index < -0.39 is 0 Å². The number of nitrogens with one attached hydrogen (secondary N) is 1. The summed E-state index contributed by atoms with van der Waals surface area (Å²) in [4.78, 5) is 30.4. The van der Waals surface area contributed by atoms with E-state index >= 15 is 0 Å². The molecule has 2 aromatic heterocycles. The van der Waals surface area contributed by atoms with E-state index in [0.717, 1.165) is 17.3 Å². The summed E-state index contributed by atoms with van der Waals surface area (Å²) in [5, 5.41) is 5.01. The fourth-order valence-electron chi connectivity index (χ4n) is 3.45. The van der Waals surface area contributed by atoms with E-state index in [-0.39, 0.29) is 29.6 Å². The molecule has 0 aliphatic carbocycles. The van der Waals surface area contributed by atoms with Crippen LogP contribution in [0.5, 0.6) is 11.5 Å². The maximum Gasteiger partial charge on any atom is 0.276 e. The Morgan fingerprint density at radius 1 is 1.21 bits per heavy atom. The van der Waals surface area contributed by atoms with E-state index in [9.17, 15) is 14.0 Å². The molecular weight excluding hydrogens is 477 g/mol. The minimum absolute atomic E-state index is 0.0363. The van der Waals surface area contributed by atoms with Gasteiger partial charge in [-0.25, -0.2) is 9.37 Å². The van der Waals surface area contributed by atoms with Gasteiger partial charge in [-0.3, -0.25) is 14.2 Å². The number of nitrogens with zero attached hydrogens (tertiary/aromatic N) is 2. The van der Waals surface area contributed by atoms with Gasteiger partial charge in [-0.15, -0.1) is 11.3 Å². The van der Waals surface area contributed by atoms with Crippen LogP contribution in [0, 0.1) is 12.7 Å². The smallest absolute Gasteiger partial charge is 0.276 e. The number of aromatic nitrogens is 2. The van der Waals surface area contributed by atoms with Crippen LogP contribution in [-0.4, -0.2) is 35.4 Å². The molecule has 0 fully saturated rings. The first-order valence-corrected chi connectivity index (χ1v) is 12.2. The van der Waals surface area contributed by atoms with E-state index in [1.165, 1.54) is 28.0 Å². The fraction of sp³-hybridized carbons (Fsp3) is 0.208. The predicted molar refractivity (Wildman–Crippen MR) is 132 cm³/mol. The van der Waals surface area contributed by atoms with Crippen LogP contribution in [0.3, 0.4) is 0 Å². The summed E-state index contributed by atoms with van der Waals surface area (Å²) < 4.78 is 26.4. The number of fused-ring (bicyclic) bond motifs is 1. The first-order valence-electron chi connectivity index (χ1n) is 10.3. The summed E-state index contributed by atoms with van der Waals surface area (Å²) in [6.45, 7) is 1.88. The van der Waals surface area contributed by atoms with Gasteiger partial charge in [-0.1, -0.05) is 23.9 Å². The average Bonchev–Trinajstić information content (AvgIpc) is 3.32. The molecule has 0 bridgehead atoms. The number of para-hydroxylation sites is 1. The number of thioether (sulfide) groups is 1. The number of carbonyl (C=O) groups excluding carboxylic acids is 1. The molecule has 0 aliphatic rings. The summed E-state index contributed by atoms with van der Waals surface area (Å²) in [5.41, 5.74) is 1.99. The lowest BCUT2D eigenvalue weighted by atomic mass is 10.2. The molecule has 2 aromatic carbocycles.